The number of ether oxygens (including phenoxy) is 1. The van der Waals surface area contributed by atoms with Gasteiger partial charge in [-0.2, -0.15) is 0 Å². The van der Waals surface area contributed by atoms with E-state index in [4.69, 9.17) is 4.74 Å². The molecule has 160 valence electrons. The number of nitrogens with zero attached hydrogens (tertiary/aromatic N) is 3. The molecule has 0 bridgehead atoms. The van der Waals surface area contributed by atoms with Crippen molar-refractivity contribution in [2.75, 3.05) is 10.6 Å². The highest BCUT2D eigenvalue weighted by Gasteiger charge is 2.24. The Balaban J connectivity index is 1.58. The summed E-state index contributed by atoms with van der Waals surface area (Å²) in [6, 6.07) is 18.6. The molecule has 0 unspecified atom stereocenters. The highest BCUT2D eigenvalue weighted by atomic mass is 19.1. The Bertz CT molecular complexity index is 1250. The zero-order chi connectivity index (χ0) is 22.5. The number of nitro groups is 1. The Kier molecular flexibility index (Phi) is 5.84. The molecule has 10 heteroatoms. The van der Waals surface area contributed by atoms with Crippen LogP contribution in [0.1, 0.15) is 0 Å². The minimum atomic E-state index is -0.789. The predicted molar refractivity (Wildman–Crippen MR) is 115 cm³/mol. The van der Waals surface area contributed by atoms with E-state index in [2.05, 4.69) is 20.6 Å². The molecule has 8 nitrogen and oxygen atoms in total. The Morgan fingerprint density at radius 1 is 0.844 bits per heavy atom. The van der Waals surface area contributed by atoms with Crippen LogP contribution in [0.25, 0.3) is 0 Å². The van der Waals surface area contributed by atoms with E-state index in [1.165, 1.54) is 0 Å². The zero-order valence-corrected chi connectivity index (χ0v) is 16.3. The second-order valence-corrected chi connectivity index (χ2v) is 6.49. The minimum Gasteiger partial charge on any atom is -0.457 e. The highest BCUT2D eigenvalue weighted by molar-refractivity contribution is 5.77. The van der Waals surface area contributed by atoms with Crippen LogP contribution in [-0.4, -0.2) is 14.9 Å². The summed E-state index contributed by atoms with van der Waals surface area (Å²) >= 11 is 0. The van der Waals surface area contributed by atoms with E-state index in [1.54, 1.807) is 24.3 Å². The Morgan fingerprint density at radius 3 is 2.19 bits per heavy atom. The van der Waals surface area contributed by atoms with Crippen LogP contribution in [0.3, 0.4) is 0 Å². The van der Waals surface area contributed by atoms with Crippen molar-refractivity contribution >= 4 is 28.7 Å². The van der Waals surface area contributed by atoms with Crippen LogP contribution in [0.2, 0.25) is 0 Å². The van der Waals surface area contributed by atoms with Crippen molar-refractivity contribution in [2.45, 2.75) is 0 Å². The average Bonchev–Trinajstić information content (AvgIpc) is 2.78. The van der Waals surface area contributed by atoms with Crippen molar-refractivity contribution in [1.82, 2.24) is 9.97 Å². The predicted octanol–water partition coefficient (Wildman–Crippen LogP) is 5.94. The van der Waals surface area contributed by atoms with E-state index in [0.717, 1.165) is 24.5 Å². The third-order valence-corrected chi connectivity index (χ3v) is 4.28. The first-order valence-electron chi connectivity index (χ1n) is 9.31. The lowest BCUT2D eigenvalue weighted by atomic mass is 10.2. The summed E-state index contributed by atoms with van der Waals surface area (Å²) < 4.78 is 33.1. The maximum absolute atomic E-state index is 14.0. The van der Waals surface area contributed by atoms with Gasteiger partial charge in [0, 0.05) is 11.8 Å². The number of rotatable bonds is 7. The molecule has 0 aliphatic heterocycles. The topological polar surface area (TPSA) is 102 Å². The summed E-state index contributed by atoms with van der Waals surface area (Å²) in [7, 11) is 0. The van der Waals surface area contributed by atoms with Gasteiger partial charge in [0.05, 0.1) is 10.6 Å². The van der Waals surface area contributed by atoms with E-state index in [1.807, 2.05) is 30.3 Å². The van der Waals surface area contributed by atoms with Crippen molar-refractivity contribution in [2.24, 2.45) is 0 Å². The second kappa shape index (κ2) is 9.04. The van der Waals surface area contributed by atoms with Gasteiger partial charge >= 0.3 is 5.69 Å². The minimum absolute atomic E-state index is 0.124. The average molecular weight is 435 g/mol. The molecule has 4 aromatic rings. The maximum atomic E-state index is 14.0. The maximum Gasteiger partial charge on any atom is 0.353 e. The third-order valence-electron chi connectivity index (χ3n) is 4.28. The van der Waals surface area contributed by atoms with Crippen molar-refractivity contribution in [1.29, 1.82) is 0 Å². The van der Waals surface area contributed by atoms with Crippen molar-refractivity contribution < 1.29 is 18.4 Å². The molecule has 0 aliphatic rings. The number of halogens is 2. The highest BCUT2D eigenvalue weighted by Crippen LogP contribution is 2.34. The third kappa shape index (κ3) is 4.75. The molecule has 1 heterocycles. The Hall–Kier alpha value is -4.60. The van der Waals surface area contributed by atoms with Crippen LogP contribution in [0, 0.1) is 21.7 Å². The van der Waals surface area contributed by atoms with Gasteiger partial charge in [-0.05, 0) is 48.5 Å². The van der Waals surface area contributed by atoms with Gasteiger partial charge in [-0.25, -0.2) is 18.7 Å². The molecule has 4 rings (SSSR count). The zero-order valence-electron chi connectivity index (χ0n) is 16.3. The van der Waals surface area contributed by atoms with E-state index in [0.29, 0.717) is 17.2 Å². The van der Waals surface area contributed by atoms with Crippen LogP contribution in [0.5, 0.6) is 11.5 Å². The van der Waals surface area contributed by atoms with Gasteiger partial charge in [-0.1, -0.05) is 18.2 Å². The molecule has 32 heavy (non-hydrogen) atoms. The number of anilines is 4. The van der Waals surface area contributed by atoms with Crippen LogP contribution in [0.4, 0.5) is 37.5 Å². The number of aromatic nitrogens is 2. The first-order valence-corrected chi connectivity index (χ1v) is 9.31. The van der Waals surface area contributed by atoms with Crippen molar-refractivity contribution in [3.05, 3.63) is 101 Å². The summed E-state index contributed by atoms with van der Waals surface area (Å²) in [5.74, 6) is -0.672. The van der Waals surface area contributed by atoms with Gasteiger partial charge < -0.3 is 15.4 Å². The second-order valence-electron chi connectivity index (χ2n) is 6.49. The first kappa shape index (κ1) is 20.7. The molecule has 1 aromatic heterocycles. The summed E-state index contributed by atoms with van der Waals surface area (Å²) in [6.07, 6.45) is 1.07. The Labute approximate surface area is 180 Å². The summed E-state index contributed by atoms with van der Waals surface area (Å²) in [4.78, 5) is 18.7. The van der Waals surface area contributed by atoms with E-state index < -0.39 is 22.2 Å². The molecule has 0 spiro atoms. The monoisotopic (exact) mass is 435 g/mol. The molecule has 0 radical (unpaired) electrons. The van der Waals surface area contributed by atoms with Gasteiger partial charge in [-0.15, -0.1) is 0 Å². The molecule has 0 atom stereocenters. The molecule has 0 aliphatic carbocycles. The van der Waals surface area contributed by atoms with Gasteiger partial charge in [0.15, 0.2) is 0 Å². The smallest absolute Gasteiger partial charge is 0.353 e. The fraction of sp³-hybridized carbons (Fsp3) is 0. The van der Waals surface area contributed by atoms with Crippen molar-refractivity contribution in [3.8, 4) is 11.5 Å². The molecule has 2 N–H and O–H groups in total. The summed E-state index contributed by atoms with van der Waals surface area (Å²) in [6.45, 7) is 0. The number of benzene rings is 3. The standard InChI is InChI=1S/C22H15F2N5O3/c23-14-6-11-18(24)19(12-14)28-22-20(29(30)31)21(25-13-26-22)27-15-7-9-17(10-8-15)32-16-4-2-1-3-5-16/h1-13H,(H2,25,26,27,28). The lowest BCUT2D eigenvalue weighted by Crippen LogP contribution is -2.06. The molecular weight excluding hydrogens is 420 g/mol. The van der Waals surface area contributed by atoms with Gasteiger partial charge in [0.2, 0.25) is 11.6 Å². The molecule has 0 saturated carbocycles. The lowest BCUT2D eigenvalue weighted by Gasteiger charge is -2.11. The summed E-state index contributed by atoms with van der Waals surface area (Å²) in [5.41, 5.74) is -0.323. The van der Waals surface area contributed by atoms with E-state index in [-0.39, 0.29) is 17.3 Å². The van der Waals surface area contributed by atoms with Crippen molar-refractivity contribution in [3.63, 3.8) is 0 Å². The van der Waals surface area contributed by atoms with Crippen LogP contribution >= 0.6 is 0 Å². The van der Waals surface area contributed by atoms with Gasteiger partial charge in [0.1, 0.15) is 29.5 Å². The quantitative estimate of drug-likeness (QED) is 0.273. The molecule has 3 aromatic carbocycles. The molecule has 0 amide bonds. The Morgan fingerprint density at radius 2 is 1.50 bits per heavy atom. The van der Waals surface area contributed by atoms with E-state index in [9.17, 15) is 18.9 Å². The lowest BCUT2D eigenvalue weighted by molar-refractivity contribution is -0.383. The fourth-order valence-electron chi connectivity index (χ4n) is 2.82. The number of nitrogens with one attached hydrogen (secondary N) is 2. The van der Waals surface area contributed by atoms with Crippen LogP contribution in [-0.2, 0) is 0 Å². The van der Waals surface area contributed by atoms with Gasteiger partial charge in [-0.3, -0.25) is 10.1 Å². The molecule has 0 fully saturated rings. The first-order chi connectivity index (χ1) is 15.5. The van der Waals surface area contributed by atoms with Gasteiger partial charge in [0.25, 0.3) is 0 Å². The SMILES string of the molecule is O=[N+]([O-])c1c(Nc2ccc(Oc3ccccc3)cc2)ncnc1Nc1cc(F)ccc1F. The number of hydrogen-bond donors (Lipinski definition) is 2. The molecule has 0 saturated heterocycles. The van der Waals surface area contributed by atoms with Crippen LogP contribution in [0.15, 0.2) is 79.1 Å². The summed E-state index contributed by atoms with van der Waals surface area (Å²) in [5, 5.41) is 17.0. The number of hydrogen-bond acceptors (Lipinski definition) is 7. The largest absolute Gasteiger partial charge is 0.457 e. The molecular formula is C22H15F2N5O3. The van der Waals surface area contributed by atoms with E-state index >= 15 is 0 Å². The number of para-hydroxylation sites is 1. The normalized spacial score (nSPS) is 10.4. The van der Waals surface area contributed by atoms with Crippen LogP contribution < -0.4 is 15.4 Å². The fourth-order valence-corrected chi connectivity index (χ4v) is 2.82.